The number of imidazole rings is 1. The lowest BCUT2D eigenvalue weighted by Gasteiger charge is -2.24. The topological polar surface area (TPSA) is 77.3 Å². The van der Waals surface area contributed by atoms with Crippen molar-refractivity contribution >= 4 is 16.7 Å². The number of nitrogens with zero attached hydrogens (tertiary/aromatic N) is 5. The Kier molecular flexibility index (Phi) is 5.83. The van der Waals surface area contributed by atoms with Crippen molar-refractivity contribution in [3.05, 3.63) is 66.6 Å². The van der Waals surface area contributed by atoms with E-state index < -0.39 is 0 Å². The zero-order valence-corrected chi connectivity index (χ0v) is 16.4. The minimum Gasteiger partial charge on any atom is -0.462 e. The summed E-state index contributed by atoms with van der Waals surface area (Å²) in [6, 6.07) is 10.5. The van der Waals surface area contributed by atoms with Gasteiger partial charge in [0, 0.05) is 56.5 Å². The average molecular weight is 398 g/mol. The van der Waals surface area contributed by atoms with Gasteiger partial charge < -0.3 is 19.7 Å². The molecule has 0 spiro atoms. The summed E-state index contributed by atoms with van der Waals surface area (Å²) in [5.74, 6) is 1.49. The Morgan fingerprint density at radius 3 is 2.96 bits per heavy atom. The second-order valence-electron chi connectivity index (χ2n) is 6.51. The molecule has 0 saturated carbocycles. The maximum atomic E-state index is 5.52. The van der Waals surface area contributed by atoms with Gasteiger partial charge in [0.05, 0.1) is 0 Å². The molecule has 1 unspecified atom stereocenters. The maximum absolute atomic E-state index is 5.52. The molecule has 1 atom stereocenters. The molecule has 0 radical (unpaired) electrons. The van der Waals surface area contributed by atoms with Crippen LogP contribution in [0, 0.1) is 0 Å². The Hall–Kier alpha value is -2.91. The molecule has 28 heavy (non-hydrogen) atoms. The van der Waals surface area contributed by atoms with Gasteiger partial charge in [-0.25, -0.2) is 4.98 Å². The molecule has 0 saturated heterocycles. The molecule has 0 bridgehead atoms. The molecule has 1 N–H and O–H groups in total. The normalized spacial score (nSPS) is 14.2. The molecular weight excluding hydrogens is 376 g/mol. The van der Waals surface area contributed by atoms with Crippen molar-refractivity contribution in [2.24, 2.45) is 0 Å². The number of anilines is 1. The third-order valence-corrected chi connectivity index (χ3v) is 5.19. The summed E-state index contributed by atoms with van der Waals surface area (Å²) in [5, 5.41) is 4.48. The van der Waals surface area contributed by atoms with Gasteiger partial charge in [-0.15, -0.1) is 0 Å². The SMILES string of the molecule is CN(CC(CC1=COCO1)NCc1ccccc1)c1nc(-n2ccnc2)ns1. The van der Waals surface area contributed by atoms with Crippen LogP contribution in [-0.4, -0.2) is 45.3 Å². The molecule has 3 aromatic rings. The smallest absolute Gasteiger partial charge is 0.248 e. The number of hydrogen-bond donors (Lipinski definition) is 1. The van der Waals surface area contributed by atoms with Crippen LogP contribution in [0.5, 0.6) is 0 Å². The Bertz CT molecular complexity index is 896. The van der Waals surface area contributed by atoms with Crippen LogP contribution in [0.25, 0.3) is 5.95 Å². The largest absolute Gasteiger partial charge is 0.462 e. The van der Waals surface area contributed by atoms with E-state index >= 15 is 0 Å². The van der Waals surface area contributed by atoms with E-state index in [9.17, 15) is 0 Å². The highest BCUT2D eigenvalue weighted by Crippen LogP contribution is 2.20. The highest BCUT2D eigenvalue weighted by molar-refractivity contribution is 7.09. The third-order valence-electron chi connectivity index (χ3n) is 4.37. The lowest BCUT2D eigenvalue weighted by atomic mass is 10.1. The lowest BCUT2D eigenvalue weighted by Crippen LogP contribution is -2.39. The molecule has 2 aromatic heterocycles. The Morgan fingerprint density at radius 2 is 2.21 bits per heavy atom. The molecule has 4 rings (SSSR count). The molecule has 0 fully saturated rings. The minimum absolute atomic E-state index is 0.166. The highest BCUT2D eigenvalue weighted by atomic mass is 32.1. The number of likely N-dealkylation sites (N-methyl/N-ethyl adjacent to an activating group) is 1. The van der Waals surface area contributed by atoms with E-state index in [-0.39, 0.29) is 6.04 Å². The van der Waals surface area contributed by atoms with Gasteiger partial charge >= 0.3 is 0 Å². The minimum atomic E-state index is 0.166. The van der Waals surface area contributed by atoms with Crippen LogP contribution in [-0.2, 0) is 16.0 Å². The number of benzene rings is 1. The van der Waals surface area contributed by atoms with Gasteiger partial charge in [-0.1, -0.05) is 30.3 Å². The molecule has 0 aliphatic carbocycles. The summed E-state index contributed by atoms with van der Waals surface area (Å²) in [7, 11) is 2.02. The van der Waals surface area contributed by atoms with Crippen molar-refractivity contribution in [2.45, 2.75) is 19.0 Å². The summed E-state index contributed by atoms with van der Waals surface area (Å²) in [6.45, 7) is 1.83. The van der Waals surface area contributed by atoms with Crippen molar-refractivity contribution in [1.82, 2.24) is 24.2 Å². The first-order valence-corrected chi connectivity index (χ1v) is 9.79. The van der Waals surface area contributed by atoms with Crippen molar-refractivity contribution in [3.63, 3.8) is 0 Å². The zero-order valence-electron chi connectivity index (χ0n) is 15.6. The van der Waals surface area contributed by atoms with E-state index in [1.807, 2.05) is 31.4 Å². The Labute approximate surface area is 167 Å². The standard InChI is InChI=1S/C19H22N6O2S/c1-24(19-22-18(23-28-19)25-8-7-20-13-25)11-16(9-17-12-26-14-27-17)21-10-15-5-3-2-4-6-15/h2-8,12-13,16,21H,9-11,14H2,1H3. The first-order chi connectivity index (χ1) is 13.8. The monoisotopic (exact) mass is 398 g/mol. The lowest BCUT2D eigenvalue weighted by molar-refractivity contribution is 0.0765. The molecule has 146 valence electrons. The van der Waals surface area contributed by atoms with E-state index in [2.05, 4.69) is 36.7 Å². The van der Waals surface area contributed by atoms with Crippen LogP contribution in [0.2, 0.25) is 0 Å². The predicted octanol–water partition coefficient (Wildman–Crippen LogP) is 2.55. The second-order valence-corrected chi connectivity index (χ2v) is 7.24. The Balaban J connectivity index is 1.41. The van der Waals surface area contributed by atoms with Gasteiger partial charge in [-0.2, -0.15) is 9.36 Å². The summed E-state index contributed by atoms with van der Waals surface area (Å²) in [5.41, 5.74) is 1.24. The Morgan fingerprint density at radius 1 is 1.32 bits per heavy atom. The van der Waals surface area contributed by atoms with Gasteiger partial charge in [-0.05, 0) is 5.56 Å². The zero-order chi connectivity index (χ0) is 19.2. The quantitative estimate of drug-likeness (QED) is 0.593. The molecule has 9 heteroatoms. The van der Waals surface area contributed by atoms with E-state index in [4.69, 9.17) is 9.47 Å². The fourth-order valence-electron chi connectivity index (χ4n) is 2.93. The number of hydrogen-bond acceptors (Lipinski definition) is 8. The van der Waals surface area contributed by atoms with Crippen LogP contribution in [0.4, 0.5) is 5.13 Å². The number of nitrogens with one attached hydrogen (secondary N) is 1. The van der Waals surface area contributed by atoms with Gasteiger partial charge in [0.15, 0.2) is 0 Å². The predicted molar refractivity (Wildman–Crippen MR) is 107 cm³/mol. The fraction of sp³-hybridized carbons (Fsp3) is 0.316. The average Bonchev–Trinajstić information content (AvgIpc) is 3.49. The molecule has 1 aliphatic heterocycles. The van der Waals surface area contributed by atoms with E-state index in [1.54, 1.807) is 23.4 Å². The second kappa shape index (κ2) is 8.85. The van der Waals surface area contributed by atoms with Crippen molar-refractivity contribution in [3.8, 4) is 5.95 Å². The van der Waals surface area contributed by atoms with Crippen molar-refractivity contribution in [1.29, 1.82) is 0 Å². The van der Waals surface area contributed by atoms with Gasteiger partial charge in [0.2, 0.25) is 17.9 Å². The molecule has 1 aromatic carbocycles. The number of aromatic nitrogens is 4. The summed E-state index contributed by atoms with van der Waals surface area (Å²) < 4.78 is 16.9. The highest BCUT2D eigenvalue weighted by Gasteiger charge is 2.19. The van der Waals surface area contributed by atoms with Crippen LogP contribution in [0.15, 0.2) is 61.1 Å². The summed E-state index contributed by atoms with van der Waals surface area (Å²) >= 11 is 1.37. The maximum Gasteiger partial charge on any atom is 0.248 e. The number of rotatable bonds is 9. The first kappa shape index (κ1) is 18.5. The molecule has 3 heterocycles. The van der Waals surface area contributed by atoms with E-state index in [1.165, 1.54) is 17.1 Å². The van der Waals surface area contributed by atoms with Crippen molar-refractivity contribution < 1.29 is 9.47 Å². The molecule has 1 aliphatic rings. The molecule has 0 amide bonds. The van der Waals surface area contributed by atoms with E-state index in [0.29, 0.717) is 12.7 Å². The van der Waals surface area contributed by atoms with Gasteiger partial charge in [0.25, 0.3) is 0 Å². The summed E-state index contributed by atoms with van der Waals surface area (Å²) in [4.78, 5) is 10.8. The van der Waals surface area contributed by atoms with E-state index in [0.717, 1.165) is 30.4 Å². The number of ether oxygens (including phenoxy) is 2. The third kappa shape index (κ3) is 4.68. The van der Waals surface area contributed by atoms with Crippen molar-refractivity contribution in [2.75, 3.05) is 25.3 Å². The van der Waals surface area contributed by atoms with Crippen LogP contribution in [0.1, 0.15) is 12.0 Å². The van der Waals surface area contributed by atoms with Crippen LogP contribution in [0.3, 0.4) is 0 Å². The molecular formula is C19H22N6O2S. The summed E-state index contributed by atoms with van der Waals surface area (Å²) in [6.07, 6.45) is 7.68. The van der Waals surface area contributed by atoms with Crippen LogP contribution >= 0.6 is 11.5 Å². The van der Waals surface area contributed by atoms with Crippen LogP contribution < -0.4 is 10.2 Å². The fourth-order valence-corrected chi connectivity index (χ4v) is 3.57. The van der Waals surface area contributed by atoms with Gasteiger partial charge in [-0.3, -0.25) is 4.57 Å². The molecule has 8 nitrogen and oxygen atoms in total. The first-order valence-electron chi connectivity index (χ1n) is 9.02. The van der Waals surface area contributed by atoms with Gasteiger partial charge in [0.1, 0.15) is 18.3 Å².